The molecule has 0 bridgehead atoms. The Morgan fingerprint density at radius 3 is 2.25 bits per heavy atom. The second-order valence-electron chi connectivity index (χ2n) is 2.46. The summed E-state index contributed by atoms with van der Waals surface area (Å²) in [6.07, 6.45) is 2.34. The standard InChI is InChI=1S/C7H12S/c1-5-4-6(2)8-7(5)3/h4-5,7H,1-3H3. The molecule has 0 saturated heterocycles. The SMILES string of the molecule is CC1=CC(C)C(C)S1. The molecule has 2 atom stereocenters. The third-order valence-corrected chi connectivity index (χ3v) is 2.92. The van der Waals surface area contributed by atoms with Gasteiger partial charge in [0, 0.05) is 5.25 Å². The summed E-state index contributed by atoms with van der Waals surface area (Å²) in [4.78, 5) is 1.49. The lowest BCUT2D eigenvalue weighted by molar-refractivity contribution is 0.729. The maximum absolute atomic E-state index is 2.34. The van der Waals surface area contributed by atoms with Gasteiger partial charge < -0.3 is 0 Å². The van der Waals surface area contributed by atoms with Crippen LogP contribution in [-0.4, -0.2) is 5.25 Å². The molecule has 46 valence electrons. The Labute approximate surface area is 55.4 Å². The lowest BCUT2D eigenvalue weighted by Crippen LogP contribution is -1.99. The monoisotopic (exact) mass is 128 g/mol. The first-order valence-electron chi connectivity index (χ1n) is 3.05. The van der Waals surface area contributed by atoms with Crippen molar-refractivity contribution in [1.82, 2.24) is 0 Å². The number of allylic oxidation sites excluding steroid dienone is 2. The van der Waals surface area contributed by atoms with Crippen LogP contribution < -0.4 is 0 Å². The molecule has 0 fully saturated rings. The minimum atomic E-state index is 0.792. The predicted molar refractivity (Wildman–Crippen MR) is 40.0 cm³/mol. The maximum Gasteiger partial charge on any atom is 0.0123 e. The molecule has 0 saturated carbocycles. The highest BCUT2D eigenvalue weighted by atomic mass is 32.2. The van der Waals surface area contributed by atoms with Gasteiger partial charge in [-0.1, -0.05) is 19.9 Å². The quantitative estimate of drug-likeness (QED) is 0.483. The number of thioether (sulfide) groups is 1. The normalized spacial score (nSPS) is 37.6. The van der Waals surface area contributed by atoms with Gasteiger partial charge >= 0.3 is 0 Å². The minimum Gasteiger partial charge on any atom is -0.127 e. The van der Waals surface area contributed by atoms with Crippen LogP contribution >= 0.6 is 11.8 Å². The third-order valence-electron chi connectivity index (χ3n) is 1.61. The first-order valence-corrected chi connectivity index (χ1v) is 3.93. The summed E-state index contributed by atoms with van der Waals surface area (Å²) < 4.78 is 0. The van der Waals surface area contributed by atoms with Crippen LogP contribution in [0.3, 0.4) is 0 Å². The second-order valence-corrected chi connectivity index (χ2v) is 4.08. The van der Waals surface area contributed by atoms with Gasteiger partial charge in [0.2, 0.25) is 0 Å². The molecule has 0 spiro atoms. The number of hydrogen-bond acceptors (Lipinski definition) is 1. The molecule has 1 heteroatoms. The minimum absolute atomic E-state index is 0.792. The van der Waals surface area contributed by atoms with E-state index in [0.717, 1.165) is 11.2 Å². The van der Waals surface area contributed by atoms with Crippen LogP contribution in [-0.2, 0) is 0 Å². The Bertz CT molecular complexity index is 116. The highest BCUT2D eigenvalue weighted by Crippen LogP contribution is 2.34. The highest BCUT2D eigenvalue weighted by Gasteiger charge is 2.16. The molecule has 0 aliphatic carbocycles. The molecule has 1 rings (SSSR count). The number of hydrogen-bond donors (Lipinski definition) is 0. The van der Waals surface area contributed by atoms with Crippen LogP contribution in [0.5, 0.6) is 0 Å². The third kappa shape index (κ3) is 1.08. The van der Waals surface area contributed by atoms with Crippen LogP contribution in [0.15, 0.2) is 11.0 Å². The first kappa shape index (κ1) is 6.21. The fourth-order valence-corrected chi connectivity index (χ4v) is 2.12. The van der Waals surface area contributed by atoms with Gasteiger partial charge in [0.15, 0.2) is 0 Å². The van der Waals surface area contributed by atoms with Gasteiger partial charge in [-0.2, -0.15) is 0 Å². The van der Waals surface area contributed by atoms with Crippen molar-refractivity contribution in [2.24, 2.45) is 5.92 Å². The summed E-state index contributed by atoms with van der Waals surface area (Å²) in [7, 11) is 0. The van der Waals surface area contributed by atoms with E-state index < -0.39 is 0 Å². The topological polar surface area (TPSA) is 0 Å². The molecule has 8 heavy (non-hydrogen) atoms. The molecule has 0 nitrogen and oxygen atoms in total. The summed E-state index contributed by atoms with van der Waals surface area (Å²) in [5.74, 6) is 0.792. The molecule has 0 aromatic rings. The molecule has 0 aromatic heterocycles. The molecule has 0 radical (unpaired) electrons. The predicted octanol–water partition coefficient (Wildman–Crippen LogP) is 2.66. The second kappa shape index (κ2) is 2.14. The Hall–Kier alpha value is 0.0900. The van der Waals surface area contributed by atoms with E-state index in [1.54, 1.807) is 0 Å². The van der Waals surface area contributed by atoms with Crippen molar-refractivity contribution < 1.29 is 0 Å². The average molecular weight is 128 g/mol. The van der Waals surface area contributed by atoms with Gasteiger partial charge in [-0.3, -0.25) is 0 Å². The molecular formula is C7H12S. The molecule has 0 aromatic carbocycles. The lowest BCUT2D eigenvalue weighted by atomic mass is 10.1. The van der Waals surface area contributed by atoms with Crippen LogP contribution in [0.1, 0.15) is 20.8 Å². The van der Waals surface area contributed by atoms with Crippen LogP contribution in [0.2, 0.25) is 0 Å². The zero-order valence-electron chi connectivity index (χ0n) is 5.64. The summed E-state index contributed by atoms with van der Waals surface area (Å²) in [6, 6.07) is 0. The summed E-state index contributed by atoms with van der Waals surface area (Å²) >= 11 is 1.99. The van der Waals surface area contributed by atoms with Crippen molar-refractivity contribution in [3.8, 4) is 0 Å². The van der Waals surface area contributed by atoms with Crippen LogP contribution in [0.4, 0.5) is 0 Å². The van der Waals surface area contributed by atoms with Gasteiger partial charge in [-0.25, -0.2) is 0 Å². The molecule has 2 unspecified atom stereocenters. The van der Waals surface area contributed by atoms with Crippen LogP contribution in [0.25, 0.3) is 0 Å². The molecule has 1 aliphatic heterocycles. The van der Waals surface area contributed by atoms with Crippen molar-refractivity contribution in [2.75, 3.05) is 0 Å². The average Bonchev–Trinajstić information content (AvgIpc) is 1.85. The Morgan fingerprint density at radius 1 is 1.50 bits per heavy atom. The van der Waals surface area contributed by atoms with Crippen molar-refractivity contribution in [3.05, 3.63) is 11.0 Å². The fourth-order valence-electron chi connectivity index (χ4n) is 0.946. The number of rotatable bonds is 0. The van der Waals surface area contributed by atoms with E-state index in [-0.39, 0.29) is 0 Å². The molecule has 1 aliphatic rings. The van der Waals surface area contributed by atoms with E-state index >= 15 is 0 Å². The Morgan fingerprint density at radius 2 is 2.12 bits per heavy atom. The zero-order valence-corrected chi connectivity index (χ0v) is 6.46. The summed E-state index contributed by atoms with van der Waals surface area (Å²) in [5, 5.41) is 0.815. The maximum atomic E-state index is 2.34. The van der Waals surface area contributed by atoms with E-state index in [2.05, 4.69) is 26.8 Å². The van der Waals surface area contributed by atoms with Gasteiger partial charge in [-0.05, 0) is 17.7 Å². The molecule has 0 N–H and O–H groups in total. The van der Waals surface area contributed by atoms with E-state index in [9.17, 15) is 0 Å². The Balaban J connectivity index is 2.56. The Kier molecular flexibility index (Phi) is 1.66. The van der Waals surface area contributed by atoms with E-state index in [0.29, 0.717) is 0 Å². The molecule has 0 amide bonds. The largest absolute Gasteiger partial charge is 0.127 e. The zero-order chi connectivity index (χ0) is 6.15. The van der Waals surface area contributed by atoms with E-state index in [4.69, 9.17) is 0 Å². The molecular weight excluding hydrogens is 116 g/mol. The van der Waals surface area contributed by atoms with Crippen LogP contribution in [0, 0.1) is 5.92 Å². The lowest BCUT2D eigenvalue weighted by Gasteiger charge is -2.04. The summed E-state index contributed by atoms with van der Waals surface area (Å²) in [6.45, 7) is 6.74. The summed E-state index contributed by atoms with van der Waals surface area (Å²) in [5.41, 5.74) is 0. The van der Waals surface area contributed by atoms with Crippen molar-refractivity contribution in [1.29, 1.82) is 0 Å². The van der Waals surface area contributed by atoms with Gasteiger partial charge in [0.25, 0.3) is 0 Å². The van der Waals surface area contributed by atoms with Crippen molar-refractivity contribution in [3.63, 3.8) is 0 Å². The van der Waals surface area contributed by atoms with Gasteiger partial charge in [0.05, 0.1) is 0 Å². The van der Waals surface area contributed by atoms with Crippen molar-refractivity contribution >= 4 is 11.8 Å². The van der Waals surface area contributed by atoms with E-state index in [1.165, 1.54) is 4.91 Å². The van der Waals surface area contributed by atoms with Crippen molar-refractivity contribution in [2.45, 2.75) is 26.0 Å². The van der Waals surface area contributed by atoms with E-state index in [1.807, 2.05) is 11.8 Å². The highest BCUT2D eigenvalue weighted by molar-refractivity contribution is 8.03. The first-order chi connectivity index (χ1) is 3.70. The van der Waals surface area contributed by atoms with Gasteiger partial charge in [-0.15, -0.1) is 11.8 Å². The fraction of sp³-hybridized carbons (Fsp3) is 0.714. The van der Waals surface area contributed by atoms with Gasteiger partial charge in [0.1, 0.15) is 0 Å². The smallest absolute Gasteiger partial charge is 0.0123 e. The molecule has 1 heterocycles.